The van der Waals surface area contributed by atoms with Gasteiger partial charge in [0.1, 0.15) is 0 Å². The third kappa shape index (κ3) is 1.43. The Bertz CT molecular complexity index is 336. The number of hydrogen-bond donors (Lipinski definition) is 2. The van der Waals surface area contributed by atoms with E-state index in [-0.39, 0.29) is 5.56 Å². The van der Waals surface area contributed by atoms with Crippen molar-refractivity contribution in [2.75, 3.05) is 5.73 Å². The van der Waals surface area contributed by atoms with Crippen molar-refractivity contribution in [3.63, 3.8) is 0 Å². The van der Waals surface area contributed by atoms with Gasteiger partial charge in [-0.2, -0.15) is 0 Å². The van der Waals surface area contributed by atoms with Crippen molar-refractivity contribution in [2.45, 2.75) is 6.92 Å². The van der Waals surface area contributed by atoms with Crippen LogP contribution in [0.25, 0.3) is 0 Å². The molecule has 0 fully saturated rings. The number of carbonyl (C=O) groups is 1. The minimum absolute atomic E-state index is 0.134. The molecular weight excluding hydrogens is 222 g/mol. The fourth-order valence-electron chi connectivity index (χ4n) is 0.914. The zero-order valence-corrected chi connectivity index (χ0v) is 8.05. The highest BCUT2D eigenvalue weighted by Crippen LogP contribution is 2.25. The van der Waals surface area contributed by atoms with Gasteiger partial charge in [-0.05, 0) is 34.5 Å². The highest BCUT2D eigenvalue weighted by atomic mass is 79.9. The van der Waals surface area contributed by atoms with Crippen LogP contribution in [0.3, 0.4) is 0 Å². The molecule has 3 nitrogen and oxygen atoms in total. The molecule has 0 saturated heterocycles. The molecule has 0 saturated carbocycles. The maximum atomic E-state index is 10.7. The Balaban J connectivity index is 3.43. The van der Waals surface area contributed by atoms with Crippen molar-refractivity contribution in [2.24, 2.45) is 0 Å². The third-order valence-corrected chi connectivity index (χ3v) is 2.29. The molecule has 4 heteroatoms. The normalized spacial score (nSPS) is 9.83. The smallest absolute Gasteiger partial charge is 0.338 e. The molecular formula is C8H8BrNO2. The van der Waals surface area contributed by atoms with E-state index in [2.05, 4.69) is 15.9 Å². The molecule has 64 valence electrons. The van der Waals surface area contributed by atoms with E-state index >= 15 is 0 Å². The van der Waals surface area contributed by atoms with Crippen LogP contribution in [0, 0.1) is 6.92 Å². The van der Waals surface area contributed by atoms with Crippen molar-refractivity contribution in [1.29, 1.82) is 0 Å². The largest absolute Gasteiger partial charge is 0.478 e. The topological polar surface area (TPSA) is 63.3 Å². The molecule has 0 aliphatic carbocycles. The molecule has 1 aromatic carbocycles. The van der Waals surface area contributed by atoms with Crippen molar-refractivity contribution < 1.29 is 9.90 Å². The summed E-state index contributed by atoms with van der Waals surface area (Å²) in [5.74, 6) is -1.01. The van der Waals surface area contributed by atoms with E-state index in [0.29, 0.717) is 10.2 Å². The van der Waals surface area contributed by atoms with Gasteiger partial charge in [0.2, 0.25) is 0 Å². The van der Waals surface area contributed by atoms with Gasteiger partial charge in [0, 0.05) is 4.47 Å². The summed E-state index contributed by atoms with van der Waals surface area (Å²) in [4.78, 5) is 10.7. The van der Waals surface area contributed by atoms with Gasteiger partial charge in [0.15, 0.2) is 0 Å². The summed E-state index contributed by atoms with van der Waals surface area (Å²) in [6, 6.07) is 3.45. The number of nitrogen functional groups attached to an aromatic ring is 1. The highest BCUT2D eigenvalue weighted by Gasteiger charge is 2.13. The number of aryl methyl sites for hydroxylation is 1. The third-order valence-electron chi connectivity index (χ3n) is 1.63. The molecule has 3 N–H and O–H groups in total. The van der Waals surface area contributed by atoms with E-state index in [0.717, 1.165) is 5.56 Å². The molecule has 0 aromatic heterocycles. The number of carboxylic acids is 1. The van der Waals surface area contributed by atoms with Crippen molar-refractivity contribution >= 4 is 27.6 Å². The Morgan fingerprint density at radius 3 is 2.58 bits per heavy atom. The molecule has 0 heterocycles. The fourth-order valence-corrected chi connectivity index (χ4v) is 1.43. The standard InChI is InChI=1S/C8H8BrNO2/c1-4-2-3-5(9)6(7(4)10)8(11)12/h2-3H,10H2,1H3,(H,11,12). The first-order chi connectivity index (χ1) is 5.54. The summed E-state index contributed by atoms with van der Waals surface area (Å²) < 4.78 is 0.512. The van der Waals surface area contributed by atoms with E-state index in [1.54, 1.807) is 19.1 Å². The zero-order valence-electron chi connectivity index (χ0n) is 6.47. The van der Waals surface area contributed by atoms with E-state index in [1.807, 2.05) is 0 Å². The number of rotatable bonds is 1. The number of anilines is 1. The second kappa shape index (κ2) is 3.15. The monoisotopic (exact) mass is 229 g/mol. The SMILES string of the molecule is Cc1ccc(Br)c(C(=O)O)c1N. The van der Waals surface area contributed by atoms with Crippen LogP contribution in [0.15, 0.2) is 16.6 Å². The zero-order chi connectivity index (χ0) is 9.30. The first kappa shape index (κ1) is 9.06. The fraction of sp³-hybridized carbons (Fsp3) is 0.125. The summed E-state index contributed by atoms with van der Waals surface area (Å²) >= 11 is 3.12. The van der Waals surface area contributed by atoms with Crippen LogP contribution in [0.2, 0.25) is 0 Å². The Kier molecular flexibility index (Phi) is 2.38. The summed E-state index contributed by atoms with van der Waals surface area (Å²) in [7, 11) is 0. The lowest BCUT2D eigenvalue weighted by atomic mass is 10.1. The van der Waals surface area contributed by atoms with Crippen LogP contribution in [0.4, 0.5) is 5.69 Å². The Labute approximate surface area is 78.3 Å². The predicted octanol–water partition coefficient (Wildman–Crippen LogP) is 2.04. The first-order valence-corrected chi connectivity index (χ1v) is 4.11. The van der Waals surface area contributed by atoms with Gasteiger partial charge < -0.3 is 10.8 Å². The summed E-state index contributed by atoms with van der Waals surface area (Å²) in [5.41, 5.74) is 6.80. The molecule has 0 unspecified atom stereocenters. The summed E-state index contributed by atoms with van der Waals surface area (Å²) in [6.07, 6.45) is 0. The lowest BCUT2D eigenvalue weighted by molar-refractivity contribution is 0.0697. The molecule has 1 rings (SSSR count). The molecule has 0 atom stereocenters. The van der Waals surface area contributed by atoms with Gasteiger partial charge in [-0.3, -0.25) is 0 Å². The number of halogens is 1. The number of hydrogen-bond acceptors (Lipinski definition) is 2. The second-order valence-electron chi connectivity index (χ2n) is 2.46. The Morgan fingerprint density at radius 2 is 2.17 bits per heavy atom. The van der Waals surface area contributed by atoms with Gasteiger partial charge in [-0.1, -0.05) is 6.07 Å². The lowest BCUT2D eigenvalue weighted by Crippen LogP contribution is -2.04. The molecule has 0 spiro atoms. The number of carboxylic acid groups (broad SMARTS) is 1. The van der Waals surface area contributed by atoms with Crippen LogP contribution >= 0.6 is 15.9 Å². The second-order valence-corrected chi connectivity index (χ2v) is 3.31. The molecule has 0 radical (unpaired) electrons. The van der Waals surface area contributed by atoms with E-state index < -0.39 is 5.97 Å². The van der Waals surface area contributed by atoms with Gasteiger partial charge in [0.05, 0.1) is 11.3 Å². The first-order valence-electron chi connectivity index (χ1n) is 3.32. The Hall–Kier alpha value is -1.03. The van der Waals surface area contributed by atoms with E-state index in [4.69, 9.17) is 10.8 Å². The van der Waals surface area contributed by atoms with Crippen LogP contribution in [-0.4, -0.2) is 11.1 Å². The number of aromatic carboxylic acids is 1. The van der Waals surface area contributed by atoms with Gasteiger partial charge in [0.25, 0.3) is 0 Å². The molecule has 12 heavy (non-hydrogen) atoms. The molecule has 0 bridgehead atoms. The highest BCUT2D eigenvalue weighted by molar-refractivity contribution is 9.10. The van der Waals surface area contributed by atoms with Gasteiger partial charge >= 0.3 is 5.97 Å². The summed E-state index contributed by atoms with van der Waals surface area (Å²) in [5, 5.41) is 8.76. The van der Waals surface area contributed by atoms with Crippen molar-refractivity contribution in [3.05, 3.63) is 27.7 Å². The Morgan fingerprint density at radius 1 is 1.58 bits per heavy atom. The van der Waals surface area contributed by atoms with Gasteiger partial charge in [-0.15, -0.1) is 0 Å². The predicted molar refractivity (Wildman–Crippen MR) is 50.3 cm³/mol. The molecule has 0 aliphatic heterocycles. The average molecular weight is 230 g/mol. The molecule has 0 amide bonds. The van der Waals surface area contributed by atoms with E-state index in [9.17, 15) is 4.79 Å². The van der Waals surface area contributed by atoms with Crippen LogP contribution in [0.5, 0.6) is 0 Å². The average Bonchev–Trinajstić information content (AvgIpc) is 1.97. The van der Waals surface area contributed by atoms with Crippen molar-refractivity contribution in [3.8, 4) is 0 Å². The van der Waals surface area contributed by atoms with Crippen LogP contribution in [-0.2, 0) is 0 Å². The number of benzene rings is 1. The minimum atomic E-state index is -1.01. The van der Waals surface area contributed by atoms with Crippen molar-refractivity contribution in [1.82, 2.24) is 0 Å². The van der Waals surface area contributed by atoms with Gasteiger partial charge in [-0.25, -0.2) is 4.79 Å². The lowest BCUT2D eigenvalue weighted by Gasteiger charge is -2.05. The maximum Gasteiger partial charge on any atom is 0.338 e. The maximum absolute atomic E-state index is 10.7. The van der Waals surface area contributed by atoms with Crippen LogP contribution < -0.4 is 5.73 Å². The molecule has 0 aliphatic rings. The number of nitrogens with two attached hydrogens (primary N) is 1. The summed E-state index contributed by atoms with van der Waals surface area (Å²) in [6.45, 7) is 1.77. The van der Waals surface area contributed by atoms with E-state index in [1.165, 1.54) is 0 Å². The quantitative estimate of drug-likeness (QED) is 0.725. The van der Waals surface area contributed by atoms with Crippen LogP contribution in [0.1, 0.15) is 15.9 Å². The molecule has 1 aromatic rings. The minimum Gasteiger partial charge on any atom is -0.478 e.